The number of carbonyl (C=O) groups excluding carboxylic acids is 2. The Morgan fingerprint density at radius 3 is 2.60 bits per heavy atom. The highest BCUT2D eigenvalue weighted by atomic mass is 32.2. The molecular weight excluding hydrogens is 383 g/mol. The van der Waals surface area contributed by atoms with E-state index in [1.54, 1.807) is 0 Å². The molecule has 0 unspecified atom stereocenters. The summed E-state index contributed by atoms with van der Waals surface area (Å²) in [7, 11) is -3.04. The van der Waals surface area contributed by atoms with Crippen molar-refractivity contribution in [1.29, 1.82) is 0 Å². The molecule has 1 aliphatic heterocycles. The average Bonchev–Trinajstić information content (AvgIpc) is 2.90. The number of sulfone groups is 1. The van der Waals surface area contributed by atoms with E-state index in [4.69, 9.17) is 0 Å². The third-order valence-corrected chi connectivity index (χ3v) is 6.56. The van der Waals surface area contributed by atoms with Gasteiger partial charge in [0, 0.05) is 5.25 Å². The van der Waals surface area contributed by atoms with Gasteiger partial charge in [-0.2, -0.15) is 0 Å². The summed E-state index contributed by atoms with van der Waals surface area (Å²) in [4.78, 5) is 23.1. The zero-order valence-electron chi connectivity index (χ0n) is 12.8. The van der Waals surface area contributed by atoms with Gasteiger partial charge >= 0.3 is 5.97 Å². The van der Waals surface area contributed by atoms with Gasteiger partial charge in [0.05, 0.1) is 22.9 Å². The maximum Gasteiger partial charge on any atom is 0.316 e. The summed E-state index contributed by atoms with van der Waals surface area (Å²) >= 11 is 1.12. The van der Waals surface area contributed by atoms with Crippen LogP contribution < -0.4 is 5.32 Å². The molecule has 1 aromatic carbocycles. The fraction of sp³-hybridized carbons (Fsp3) is 0.429. The van der Waals surface area contributed by atoms with Crippen molar-refractivity contribution in [3.8, 4) is 0 Å². The molecule has 2 rings (SSSR count). The van der Waals surface area contributed by atoms with E-state index in [0.29, 0.717) is 12.5 Å². The van der Waals surface area contributed by atoms with E-state index >= 15 is 0 Å². The molecule has 1 amide bonds. The first-order chi connectivity index (χ1) is 11.7. The number of hydrogen-bond acceptors (Lipinski definition) is 6. The molecule has 1 N–H and O–H groups in total. The van der Waals surface area contributed by atoms with Crippen LogP contribution in [0.4, 0.5) is 18.9 Å². The lowest BCUT2D eigenvalue weighted by atomic mass is 10.3. The van der Waals surface area contributed by atoms with Crippen LogP contribution in [0.25, 0.3) is 0 Å². The van der Waals surface area contributed by atoms with Gasteiger partial charge in [0.25, 0.3) is 5.91 Å². The topological polar surface area (TPSA) is 89.5 Å². The predicted octanol–water partition coefficient (Wildman–Crippen LogP) is 1.51. The van der Waals surface area contributed by atoms with E-state index < -0.39 is 51.5 Å². The zero-order valence-corrected chi connectivity index (χ0v) is 14.4. The van der Waals surface area contributed by atoms with Crippen LogP contribution in [-0.4, -0.2) is 49.4 Å². The van der Waals surface area contributed by atoms with Crippen molar-refractivity contribution >= 4 is 39.2 Å². The Morgan fingerprint density at radius 2 is 1.96 bits per heavy atom. The molecule has 138 valence electrons. The van der Waals surface area contributed by atoms with Gasteiger partial charge in [0.15, 0.2) is 33.9 Å². The molecule has 0 bridgehead atoms. The van der Waals surface area contributed by atoms with E-state index in [0.717, 1.165) is 17.8 Å². The first-order valence-corrected chi connectivity index (χ1v) is 9.96. The van der Waals surface area contributed by atoms with Crippen molar-refractivity contribution in [2.45, 2.75) is 11.7 Å². The summed E-state index contributed by atoms with van der Waals surface area (Å²) in [5.74, 6) is -6.39. The number of benzene rings is 1. The zero-order chi connectivity index (χ0) is 18.6. The molecule has 0 saturated carbocycles. The van der Waals surface area contributed by atoms with E-state index in [1.807, 2.05) is 5.32 Å². The number of anilines is 1. The van der Waals surface area contributed by atoms with Crippen LogP contribution in [0.2, 0.25) is 0 Å². The Morgan fingerprint density at radius 1 is 1.24 bits per heavy atom. The number of hydrogen-bond donors (Lipinski definition) is 1. The number of nitrogens with one attached hydrogen (secondary N) is 1. The smallest absolute Gasteiger partial charge is 0.316 e. The number of amides is 1. The van der Waals surface area contributed by atoms with Gasteiger partial charge in [0.2, 0.25) is 0 Å². The number of carbonyl (C=O) groups is 2. The highest BCUT2D eigenvalue weighted by molar-refractivity contribution is 8.02. The second-order valence-electron chi connectivity index (χ2n) is 5.27. The van der Waals surface area contributed by atoms with E-state index in [1.165, 1.54) is 0 Å². The monoisotopic (exact) mass is 397 g/mol. The van der Waals surface area contributed by atoms with Gasteiger partial charge in [-0.3, -0.25) is 9.59 Å². The van der Waals surface area contributed by atoms with Crippen LogP contribution in [0.3, 0.4) is 0 Å². The third-order valence-electron chi connectivity index (χ3n) is 3.30. The maximum atomic E-state index is 13.4. The van der Waals surface area contributed by atoms with Crippen molar-refractivity contribution in [3.63, 3.8) is 0 Å². The maximum absolute atomic E-state index is 13.4. The average molecular weight is 397 g/mol. The molecule has 1 fully saturated rings. The first-order valence-electron chi connectivity index (χ1n) is 7.09. The minimum atomic E-state index is -3.04. The lowest BCUT2D eigenvalue weighted by Gasteiger charge is -2.09. The Hall–Kier alpha value is -1.75. The second kappa shape index (κ2) is 8.09. The number of rotatable bonds is 6. The SMILES string of the molecule is O=C(COC(=O)CS[C@@H]1CCS(=O)(=O)C1)Nc1ccc(F)c(F)c1F. The van der Waals surface area contributed by atoms with Crippen LogP contribution in [0.1, 0.15) is 6.42 Å². The lowest BCUT2D eigenvalue weighted by Crippen LogP contribution is -2.23. The molecule has 0 spiro atoms. The fourth-order valence-corrected chi connectivity index (χ4v) is 5.51. The number of halogens is 3. The third kappa shape index (κ3) is 5.63. The van der Waals surface area contributed by atoms with Crippen molar-refractivity contribution in [3.05, 3.63) is 29.6 Å². The second-order valence-corrected chi connectivity index (χ2v) is 8.79. The number of esters is 1. The summed E-state index contributed by atoms with van der Waals surface area (Å²) < 4.78 is 66.4. The van der Waals surface area contributed by atoms with E-state index in [2.05, 4.69) is 4.74 Å². The molecule has 25 heavy (non-hydrogen) atoms. The quantitative estimate of drug-likeness (QED) is 0.578. The molecular formula is C14H14F3NO5S2. The summed E-state index contributed by atoms with van der Waals surface area (Å²) in [6.45, 7) is -0.735. The Bertz CT molecular complexity index is 785. The Balaban J connectivity index is 1.74. The van der Waals surface area contributed by atoms with Crippen LogP contribution in [0.15, 0.2) is 12.1 Å². The summed E-state index contributed by atoms with van der Waals surface area (Å²) in [6.07, 6.45) is 0.455. The normalized spacial score (nSPS) is 18.8. The van der Waals surface area contributed by atoms with Crippen molar-refractivity contribution in [1.82, 2.24) is 0 Å². The van der Waals surface area contributed by atoms with Gasteiger partial charge in [-0.25, -0.2) is 21.6 Å². The standard InChI is InChI=1S/C14H14F3NO5S2/c15-9-1-2-10(14(17)13(9)16)18-11(19)5-23-12(20)6-24-8-3-4-25(21,22)7-8/h1-2,8H,3-7H2,(H,18,19)/t8-/m1/s1. The first kappa shape index (κ1) is 19.6. The summed E-state index contributed by atoms with van der Waals surface area (Å²) in [6, 6.07) is 1.48. The summed E-state index contributed by atoms with van der Waals surface area (Å²) in [5, 5.41) is 1.77. The van der Waals surface area contributed by atoms with Gasteiger partial charge < -0.3 is 10.1 Å². The molecule has 1 aliphatic rings. The number of ether oxygens (including phenoxy) is 1. The van der Waals surface area contributed by atoms with Crippen LogP contribution in [0, 0.1) is 17.5 Å². The minimum Gasteiger partial charge on any atom is -0.455 e. The van der Waals surface area contributed by atoms with E-state index in [-0.39, 0.29) is 22.5 Å². The molecule has 1 aromatic rings. The van der Waals surface area contributed by atoms with Crippen molar-refractivity contribution in [2.24, 2.45) is 0 Å². The molecule has 1 saturated heterocycles. The van der Waals surface area contributed by atoms with E-state index in [9.17, 15) is 31.2 Å². The Kier molecular flexibility index (Phi) is 6.33. The fourth-order valence-electron chi connectivity index (χ4n) is 2.07. The van der Waals surface area contributed by atoms with Gasteiger partial charge in [-0.15, -0.1) is 11.8 Å². The molecule has 0 aliphatic carbocycles. The van der Waals surface area contributed by atoms with Gasteiger partial charge in [-0.1, -0.05) is 0 Å². The van der Waals surface area contributed by atoms with Crippen molar-refractivity contribution in [2.75, 3.05) is 29.2 Å². The molecule has 6 nitrogen and oxygen atoms in total. The largest absolute Gasteiger partial charge is 0.455 e. The number of thioether (sulfide) groups is 1. The van der Waals surface area contributed by atoms with Crippen LogP contribution in [0.5, 0.6) is 0 Å². The molecule has 1 atom stereocenters. The molecule has 0 radical (unpaired) electrons. The van der Waals surface area contributed by atoms with Gasteiger partial charge in [0.1, 0.15) is 0 Å². The van der Waals surface area contributed by atoms with Crippen LogP contribution >= 0.6 is 11.8 Å². The summed E-state index contributed by atoms with van der Waals surface area (Å²) in [5.41, 5.74) is -0.578. The van der Waals surface area contributed by atoms with Gasteiger partial charge in [-0.05, 0) is 18.6 Å². The van der Waals surface area contributed by atoms with Crippen molar-refractivity contribution < 1.29 is 35.9 Å². The predicted molar refractivity (Wildman–Crippen MR) is 85.4 cm³/mol. The molecule has 11 heteroatoms. The minimum absolute atomic E-state index is 0.000834. The molecule has 1 heterocycles. The Labute approximate surface area is 146 Å². The highest BCUT2D eigenvalue weighted by Gasteiger charge is 2.28. The van der Waals surface area contributed by atoms with Crippen LogP contribution in [-0.2, 0) is 24.2 Å². The molecule has 0 aromatic heterocycles. The highest BCUT2D eigenvalue weighted by Crippen LogP contribution is 2.24. The lowest BCUT2D eigenvalue weighted by molar-refractivity contribution is -0.144.